The van der Waals surface area contributed by atoms with Gasteiger partial charge in [-0.2, -0.15) is 0 Å². The number of ether oxygens (including phenoxy) is 1. The topological polar surface area (TPSA) is 22.4 Å². The van der Waals surface area contributed by atoms with E-state index in [0.29, 0.717) is 0 Å². The first-order valence-electron chi connectivity index (χ1n) is 5.68. The number of methoxy groups -OCH3 is 1. The molecule has 1 heterocycles. The molecule has 0 saturated heterocycles. The van der Waals surface area contributed by atoms with E-state index >= 15 is 0 Å². The van der Waals surface area contributed by atoms with Gasteiger partial charge in [-0.1, -0.05) is 19.6 Å². The van der Waals surface area contributed by atoms with Gasteiger partial charge in [0.2, 0.25) is 0 Å². The maximum absolute atomic E-state index is 5.98. The molecule has 1 aliphatic rings. The number of aryl methyl sites for hydroxylation is 1. The Hall–Kier alpha value is -0.543. The van der Waals surface area contributed by atoms with E-state index in [-0.39, 0.29) is 6.10 Å². The Balaban J connectivity index is 2.37. The molecule has 0 aromatic carbocycles. The zero-order valence-electron chi connectivity index (χ0n) is 10.1. The molecule has 2 rings (SSSR count). The number of rotatable bonds is 2. The monoisotopic (exact) mass is 224 g/mol. The highest BCUT2D eigenvalue weighted by Gasteiger charge is 2.28. The van der Waals surface area contributed by atoms with Crippen LogP contribution in [-0.2, 0) is 11.2 Å². The molecule has 1 aromatic heterocycles. The Morgan fingerprint density at radius 3 is 2.73 bits per heavy atom. The van der Waals surface area contributed by atoms with Crippen molar-refractivity contribution in [3.05, 3.63) is 17.4 Å². The summed E-state index contributed by atoms with van der Waals surface area (Å²) in [5.41, 5.74) is 1.31. The standard InChI is InChI=1S/C12H20O2Si/c1-13-10-6-5-7-11-9(10)8-12(14-11)15(2,3)4/h8,10H,5-7H2,1-4H3. The van der Waals surface area contributed by atoms with Crippen LogP contribution in [0.25, 0.3) is 0 Å². The van der Waals surface area contributed by atoms with E-state index in [1.165, 1.54) is 23.1 Å². The van der Waals surface area contributed by atoms with Crippen molar-refractivity contribution < 1.29 is 9.15 Å². The van der Waals surface area contributed by atoms with Gasteiger partial charge in [0.25, 0.3) is 0 Å². The van der Waals surface area contributed by atoms with E-state index in [2.05, 4.69) is 25.7 Å². The fraction of sp³-hybridized carbons (Fsp3) is 0.667. The lowest BCUT2D eigenvalue weighted by Gasteiger charge is -2.19. The molecule has 84 valence electrons. The van der Waals surface area contributed by atoms with Crippen molar-refractivity contribution in [1.82, 2.24) is 0 Å². The van der Waals surface area contributed by atoms with Crippen LogP contribution in [0.15, 0.2) is 10.5 Å². The maximum Gasteiger partial charge on any atom is 0.123 e. The molecule has 1 unspecified atom stereocenters. The third-order valence-corrected chi connectivity index (χ3v) is 4.81. The molecule has 1 aliphatic carbocycles. The van der Waals surface area contributed by atoms with Gasteiger partial charge in [-0.25, -0.2) is 0 Å². The molecule has 2 nitrogen and oxygen atoms in total. The summed E-state index contributed by atoms with van der Waals surface area (Å²) in [7, 11) is 0.479. The molecular formula is C12H20O2Si. The summed E-state index contributed by atoms with van der Waals surface area (Å²) in [6.45, 7) is 6.96. The predicted octanol–water partition coefficient (Wildman–Crippen LogP) is 2.85. The van der Waals surface area contributed by atoms with Crippen molar-refractivity contribution in [3.8, 4) is 0 Å². The van der Waals surface area contributed by atoms with Crippen molar-refractivity contribution in [2.75, 3.05) is 7.11 Å². The van der Waals surface area contributed by atoms with Crippen LogP contribution in [0.1, 0.15) is 30.3 Å². The lowest BCUT2D eigenvalue weighted by atomic mass is 9.96. The highest BCUT2D eigenvalue weighted by Crippen LogP contribution is 2.32. The SMILES string of the molecule is COC1CCCc2oc([Si](C)(C)C)cc21. The smallest absolute Gasteiger partial charge is 0.123 e. The van der Waals surface area contributed by atoms with Crippen LogP contribution >= 0.6 is 0 Å². The van der Waals surface area contributed by atoms with Crippen LogP contribution in [0.3, 0.4) is 0 Å². The molecule has 0 saturated carbocycles. The average molecular weight is 224 g/mol. The van der Waals surface area contributed by atoms with Crippen LogP contribution < -0.4 is 5.38 Å². The normalized spacial score (nSPS) is 21.5. The van der Waals surface area contributed by atoms with Gasteiger partial charge < -0.3 is 9.15 Å². The molecule has 3 heteroatoms. The van der Waals surface area contributed by atoms with Gasteiger partial charge >= 0.3 is 0 Å². The molecular weight excluding hydrogens is 204 g/mol. The average Bonchev–Trinajstić information content (AvgIpc) is 2.59. The van der Waals surface area contributed by atoms with Crippen LogP contribution in [-0.4, -0.2) is 15.2 Å². The fourth-order valence-electron chi connectivity index (χ4n) is 2.13. The second-order valence-corrected chi connectivity index (χ2v) is 10.3. The third-order valence-electron chi connectivity index (χ3n) is 3.08. The molecule has 0 fully saturated rings. The van der Waals surface area contributed by atoms with Gasteiger partial charge in [0, 0.05) is 19.1 Å². The molecule has 1 atom stereocenters. The van der Waals surface area contributed by atoms with Crippen LogP contribution in [0, 0.1) is 0 Å². The van der Waals surface area contributed by atoms with Gasteiger partial charge in [0.15, 0.2) is 0 Å². The quantitative estimate of drug-likeness (QED) is 0.721. The van der Waals surface area contributed by atoms with Crippen molar-refractivity contribution in [2.24, 2.45) is 0 Å². The number of hydrogen-bond acceptors (Lipinski definition) is 2. The maximum atomic E-state index is 5.98. The molecule has 0 aliphatic heterocycles. The fourth-order valence-corrected chi connectivity index (χ4v) is 3.15. The Labute approximate surface area is 92.6 Å². The largest absolute Gasteiger partial charge is 0.471 e. The van der Waals surface area contributed by atoms with Crippen molar-refractivity contribution >= 4 is 13.5 Å². The van der Waals surface area contributed by atoms with E-state index < -0.39 is 8.07 Å². The van der Waals surface area contributed by atoms with Crippen LogP contribution in [0.4, 0.5) is 0 Å². The van der Waals surface area contributed by atoms with E-state index in [4.69, 9.17) is 9.15 Å². The first kappa shape index (κ1) is 11.0. The van der Waals surface area contributed by atoms with E-state index in [1.807, 2.05) is 0 Å². The Kier molecular flexibility index (Phi) is 2.77. The first-order valence-corrected chi connectivity index (χ1v) is 9.18. The summed E-state index contributed by atoms with van der Waals surface area (Å²) in [6.07, 6.45) is 3.67. The minimum Gasteiger partial charge on any atom is -0.471 e. The molecule has 0 spiro atoms. The van der Waals surface area contributed by atoms with E-state index in [9.17, 15) is 0 Å². The summed E-state index contributed by atoms with van der Waals surface area (Å²) < 4.78 is 11.5. The first-order chi connectivity index (χ1) is 7.02. The van der Waals surface area contributed by atoms with E-state index in [0.717, 1.165) is 12.8 Å². The minimum atomic E-state index is -1.31. The highest BCUT2D eigenvalue weighted by molar-refractivity contribution is 6.87. The zero-order valence-corrected chi connectivity index (χ0v) is 11.1. The van der Waals surface area contributed by atoms with Gasteiger partial charge in [0.1, 0.15) is 13.8 Å². The van der Waals surface area contributed by atoms with Crippen molar-refractivity contribution in [3.63, 3.8) is 0 Å². The summed E-state index contributed by atoms with van der Waals surface area (Å²) >= 11 is 0. The molecule has 1 aromatic rings. The lowest BCUT2D eigenvalue weighted by molar-refractivity contribution is 0.0858. The van der Waals surface area contributed by atoms with Crippen molar-refractivity contribution in [2.45, 2.75) is 45.0 Å². The van der Waals surface area contributed by atoms with Crippen LogP contribution in [0.5, 0.6) is 0 Å². The lowest BCUT2D eigenvalue weighted by Crippen LogP contribution is -2.36. The second kappa shape index (κ2) is 3.80. The van der Waals surface area contributed by atoms with Gasteiger partial charge in [-0.3, -0.25) is 0 Å². The highest BCUT2D eigenvalue weighted by atomic mass is 28.3. The third kappa shape index (κ3) is 2.04. The summed E-state index contributed by atoms with van der Waals surface area (Å²) in [5.74, 6) is 1.17. The predicted molar refractivity (Wildman–Crippen MR) is 64.4 cm³/mol. The van der Waals surface area contributed by atoms with Gasteiger partial charge in [0.05, 0.1) is 11.5 Å². The number of furan rings is 1. The summed E-state index contributed by atoms with van der Waals surface area (Å²) in [4.78, 5) is 0. The van der Waals surface area contributed by atoms with Gasteiger partial charge in [-0.05, 0) is 18.9 Å². The van der Waals surface area contributed by atoms with Crippen LogP contribution in [0.2, 0.25) is 19.6 Å². The Bertz CT molecular complexity index is 349. The minimum absolute atomic E-state index is 0.266. The van der Waals surface area contributed by atoms with Crippen molar-refractivity contribution in [1.29, 1.82) is 0 Å². The molecule has 0 amide bonds. The second-order valence-electron chi connectivity index (χ2n) is 5.36. The molecule has 0 N–H and O–H groups in total. The van der Waals surface area contributed by atoms with Gasteiger partial charge in [-0.15, -0.1) is 0 Å². The zero-order chi connectivity index (χ0) is 11.1. The summed E-state index contributed by atoms with van der Waals surface area (Å²) in [5, 5.41) is 1.22. The number of fused-ring (bicyclic) bond motifs is 1. The Morgan fingerprint density at radius 1 is 1.40 bits per heavy atom. The van der Waals surface area contributed by atoms with E-state index in [1.54, 1.807) is 7.11 Å². The molecule has 15 heavy (non-hydrogen) atoms. The Morgan fingerprint density at radius 2 is 2.13 bits per heavy atom. The molecule has 0 bridgehead atoms. The molecule has 0 radical (unpaired) electrons. The number of hydrogen-bond donors (Lipinski definition) is 0. The summed E-state index contributed by atoms with van der Waals surface area (Å²) in [6, 6.07) is 2.24.